The van der Waals surface area contributed by atoms with E-state index in [0.717, 1.165) is 16.8 Å². The molecule has 2 N–H and O–H groups in total. The number of benzene rings is 2. The topological polar surface area (TPSA) is 62.7 Å². The molecule has 0 spiro atoms. The van der Waals surface area contributed by atoms with Crippen molar-refractivity contribution in [2.45, 2.75) is 19.9 Å². The lowest BCUT2D eigenvalue weighted by atomic mass is 9.92. The predicted molar refractivity (Wildman–Crippen MR) is 103 cm³/mol. The monoisotopic (exact) mass is 349 g/mol. The number of nitrogens with zero attached hydrogens (tertiary/aromatic N) is 1. The van der Waals surface area contributed by atoms with E-state index in [2.05, 4.69) is 15.6 Å². The van der Waals surface area contributed by atoms with Crippen LogP contribution in [0.4, 0.5) is 0 Å². The summed E-state index contributed by atoms with van der Waals surface area (Å²) in [5, 5.41) is 6.62. The van der Waals surface area contributed by atoms with Crippen molar-refractivity contribution in [2.75, 3.05) is 13.2 Å². The van der Waals surface area contributed by atoms with Crippen LogP contribution in [0.2, 0.25) is 0 Å². The molecule has 1 heterocycles. The van der Waals surface area contributed by atoms with Gasteiger partial charge in [0.05, 0.1) is 23.9 Å². The molecule has 3 rings (SSSR count). The van der Waals surface area contributed by atoms with Gasteiger partial charge in [-0.1, -0.05) is 60.7 Å². The van der Waals surface area contributed by atoms with Crippen molar-refractivity contribution < 1.29 is 9.53 Å². The van der Waals surface area contributed by atoms with Crippen LogP contribution in [0.15, 0.2) is 71.2 Å². The Balaban J connectivity index is 2.19. The first kappa shape index (κ1) is 17.7. The Morgan fingerprint density at radius 2 is 1.69 bits per heavy atom. The molecule has 1 aliphatic rings. The molecule has 134 valence electrons. The summed E-state index contributed by atoms with van der Waals surface area (Å²) < 4.78 is 5.36. The molecule has 2 aromatic carbocycles. The Hall–Kier alpha value is -3.08. The minimum atomic E-state index is -0.337. The summed E-state index contributed by atoms with van der Waals surface area (Å²) in [5.74, 6) is 0.309. The highest BCUT2D eigenvalue weighted by molar-refractivity contribution is 6.05. The quantitative estimate of drug-likeness (QED) is 0.813. The lowest BCUT2D eigenvalue weighted by molar-refractivity contribution is -0.138. The third-order valence-electron chi connectivity index (χ3n) is 4.09. The third-order valence-corrected chi connectivity index (χ3v) is 4.09. The third kappa shape index (κ3) is 3.77. The molecule has 0 aromatic heterocycles. The molecule has 0 saturated heterocycles. The molecule has 0 radical (unpaired) electrons. The van der Waals surface area contributed by atoms with Gasteiger partial charge in [0.25, 0.3) is 0 Å². The minimum absolute atomic E-state index is 0.321. The Morgan fingerprint density at radius 3 is 2.31 bits per heavy atom. The lowest BCUT2D eigenvalue weighted by Crippen LogP contribution is -2.46. The molecule has 0 aliphatic carbocycles. The normalized spacial score (nSPS) is 18.2. The lowest BCUT2D eigenvalue weighted by Gasteiger charge is -2.31. The Morgan fingerprint density at radius 1 is 1.04 bits per heavy atom. The van der Waals surface area contributed by atoms with E-state index in [0.29, 0.717) is 24.7 Å². The fourth-order valence-corrected chi connectivity index (χ4v) is 2.98. The van der Waals surface area contributed by atoms with Crippen molar-refractivity contribution in [2.24, 2.45) is 4.99 Å². The largest absolute Gasteiger partial charge is 0.463 e. The van der Waals surface area contributed by atoms with Gasteiger partial charge in [-0.05, 0) is 25.0 Å². The number of aliphatic imine (C=N–C) groups is 1. The fraction of sp³-hybridized carbons (Fsp3) is 0.238. The first-order valence-electron chi connectivity index (χ1n) is 8.84. The predicted octanol–water partition coefficient (Wildman–Crippen LogP) is 3.27. The fourth-order valence-electron chi connectivity index (χ4n) is 2.98. The second-order valence-corrected chi connectivity index (χ2v) is 5.81. The van der Waals surface area contributed by atoms with Crippen LogP contribution < -0.4 is 10.6 Å². The van der Waals surface area contributed by atoms with Crippen LogP contribution >= 0.6 is 0 Å². The maximum Gasteiger partial charge on any atom is 0.338 e. The summed E-state index contributed by atoms with van der Waals surface area (Å²) >= 11 is 0. The minimum Gasteiger partial charge on any atom is -0.463 e. The SMILES string of the molecule is CCN=C1NC(c2ccccc2)=C(C(=O)OCC)C(c2ccccc2)N1. The van der Waals surface area contributed by atoms with Gasteiger partial charge in [-0.15, -0.1) is 0 Å². The number of guanidine groups is 1. The van der Waals surface area contributed by atoms with Crippen LogP contribution in [-0.2, 0) is 9.53 Å². The van der Waals surface area contributed by atoms with E-state index in [1.165, 1.54) is 0 Å². The maximum atomic E-state index is 12.8. The number of hydrogen-bond donors (Lipinski definition) is 2. The standard InChI is InChI=1S/C21H23N3O2/c1-3-22-21-23-18(15-11-7-5-8-12-15)17(20(25)26-4-2)19(24-21)16-13-9-6-10-14-16/h5-14,18H,3-4H2,1-2H3,(H2,22,23,24). The van der Waals surface area contributed by atoms with Gasteiger partial charge in [0.15, 0.2) is 5.96 Å². The van der Waals surface area contributed by atoms with Gasteiger partial charge in [-0.25, -0.2) is 4.79 Å². The van der Waals surface area contributed by atoms with Crippen molar-refractivity contribution in [1.82, 2.24) is 10.6 Å². The zero-order valence-corrected chi connectivity index (χ0v) is 15.0. The molecular formula is C21H23N3O2. The summed E-state index contributed by atoms with van der Waals surface area (Å²) in [6.45, 7) is 4.74. The molecule has 5 heteroatoms. The van der Waals surface area contributed by atoms with E-state index in [1.54, 1.807) is 0 Å². The number of nitrogens with one attached hydrogen (secondary N) is 2. The molecule has 1 atom stereocenters. The second-order valence-electron chi connectivity index (χ2n) is 5.81. The number of rotatable bonds is 5. The van der Waals surface area contributed by atoms with Crippen LogP contribution in [0.3, 0.4) is 0 Å². The first-order chi connectivity index (χ1) is 12.7. The number of esters is 1. The van der Waals surface area contributed by atoms with Gasteiger partial charge in [0.2, 0.25) is 0 Å². The van der Waals surface area contributed by atoms with E-state index in [-0.39, 0.29) is 12.0 Å². The van der Waals surface area contributed by atoms with Crippen molar-refractivity contribution in [3.63, 3.8) is 0 Å². The second kappa shape index (κ2) is 8.34. The Kier molecular flexibility index (Phi) is 5.69. The average Bonchev–Trinajstić information content (AvgIpc) is 2.69. The summed E-state index contributed by atoms with van der Waals surface area (Å²) in [6, 6.07) is 19.3. The molecule has 1 unspecified atom stereocenters. The highest BCUT2D eigenvalue weighted by Gasteiger charge is 2.33. The van der Waals surface area contributed by atoms with Crippen LogP contribution in [-0.4, -0.2) is 25.1 Å². The zero-order valence-electron chi connectivity index (χ0n) is 15.0. The van der Waals surface area contributed by atoms with E-state index < -0.39 is 0 Å². The molecule has 0 bridgehead atoms. The smallest absolute Gasteiger partial charge is 0.338 e. The van der Waals surface area contributed by atoms with E-state index >= 15 is 0 Å². The maximum absolute atomic E-state index is 12.8. The molecular weight excluding hydrogens is 326 g/mol. The summed E-state index contributed by atoms with van der Waals surface area (Å²) in [7, 11) is 0. The van der Waals surface area contributed by atoms with E-state index in [1.807, 2.05) is 74.5 Å². The van der Waals surface area contributed by atoms with Crippen molar-refractivity contribution in [3.8, 4) is 0 Å². The summed E-state index contributed by atoms with van der Waals surface area (Å²) in [5.41, 5.74) is 3.18. The average molecular weight is 349 g/mol. The Bertz CT molecular complexity index is 814. The number of ether oxygens (including phenoxy) is 1. The molecule has 1 aliphatic heterocycles. The molecule has 2 aromatic rings. The van der Waals surface area contributed by atoms with Gasteiger partial charge < -0.3 is 15.4 Å². The van der Waals surface area contributed by atoms with Crippen LogP contribution in [0.25, 0.3) is 5.70 Å². The number of carbonyl (C=O) groups is 1. The number of carbonyl (C=O) groups excluding carboxylic acids is 1. The van der Waals surface area contributed by atoms with Crippen molar-refractivity contribution in [3.05, 3.63) is 77.4 Å². The van der Waals surface area contributed by atoms with Crippen molar-refractivity contribution in [1.29, 1.82) is 0 Å². The van der Waals surface area contributed by atoms with Crippen molar-refractivity contribution >= 4 is 17.6 Å². The molecule has 26 heavy (non-hydrogen) atoms. The van der Waals surface area contributed by atoms with E-state index in [9.17, 15) is 4.79 Å². The molecule has 0 saturated carbocycles. The van der Waals surface area contributed by atoms with Crippen LogP contribution in [0.1, 0.15) is 31.0 Å². The first-order valence-corrected chi connectivity index (χ1v) is 8.84. The zero-order chi connectivity index (χ0) is 18.4. The van der Waals surface area contributed by atoms with Gasteiger partial charge in [0.1, 0.15) is 0 Å². The van der Waals surface area contributed by atoms with Gasteiger partial charge in [-0.3, -0.25) is 4.99 Å². The molecule has 0 amide bonds. The number of hydrogen-bond acceptors (Lipinski definition) is 3. The van der Waals surface area contributed by atoms with E-state index in [4.69, 9.17) is 4.74 Å². The molecule has 0 fully saturated rings. The van der Waals surface area contributed by atoms with Crippen LogP contribution in [0, 0.1) is 0 Å². The van der Waals surface area contributed by atoms with Gasteiger partial charge in [0, 0.05) is 6.54 Å². The summed E-state index contributed by atoms with van der Waals surface area (Å²) in [4.78, 5) is 17.3. The van der Waals surface area contributed by atoms with Gasteiger partial charge in [-0.2, -0.15) is 0 Å². The highest BCUT2D eigenvalue weighted by Crippen LogP contribution is 2.31. The van der Waals surface area contributed by atoms with Crippen LogP contribution in [0.5, 0.6) is 0 Å². The molecule has 5 nitrogen and oxygen atoms in total. The summed E-state index contributed by atoms with van der Waals surface area (Å²) in [6.07, 6.45) is 0. The Labute approximate surface area is 153 Å². The van der Waals surface area contributed by atoms with Gasteiger partial charge >= 0.3 is 5.97 Å². The highest BCUT2D eigenvalue weighted by atomic mass is 16.5.